The molecule has 2 heterocycles. The van der Waals surface area contributed by atoms with E-state index in [-0.39, 0.29) is 22.5 Å². The van der Waals surface area contributed by atoms with E-state index in [1.165, 1.54) is 6.07 Å². The van der Waals surface area contributed by atoms with E-state index in [1.807, 2.05) is 0 Å². The SMILES string of the molecule is CC1CCC(C(=O)O)CN1S(=O)(=O)c1ccc(S(C)(=O)=O)nc1. The molecule has 1 fully saturated rings. The van der Waals surface area contributed by atoms with Gasteiger partial charge in [-0.2, -0.15) is 4.31 Å². The molecule has 0 radical (unpaired) electrons. The van der Waals surface area contributed by atoms with Crippen LogP contribution in [0.2, 0.25) is 0 Å². The van der Waals surface area contributed by atoms with Gasteiger partial charge in [0.1, 0.15) is 4.90 Å². The second-order valence-corrected chi connectivity index (χ2v) is 9.49. The summed E-state index contributed by atoms with van der Waals surface area (Å²) in [5.41, 5.74) is 0. The van der Waals surface area contributed by atoms with Gasteiger partial charge in [0.05, 0.1) is 5.92 Å². The average Bonchev–Trinajstić information content (AvgIpc) is 2.46. The van der Waals surface area contributed by atoms with Crippen molar-refractivity contribution in [3.8, 4) is 0 Å². The lowest BCUT2D eigenvalue weighted by Gasteiger charge is -2.35. The Labute approximate surface area is 135 Å². The lowest BCUT2D eigenvalue weighted by Crippen LogP contribution is -2.47. The van der Waals surface area contributed by atoms with E-state index < -0.39 is 31.7 Å². The summed E-state index contributed by atoms with van der Waals surface area (Å²) in [5.74, 6) is -1.77. The van der Waals surface area contributed by atoms with E-state index in [0.29, 0.717) is 12.8 Å². The first kappa shape index (κ1) is 17.8. The molecule has 2 rings (SSSR count). The molecule has 8 nitrogen and oxygen atoms in total. The highest BCUT2D eigenvalue weighted by Gasteiger charge is 2.37. The van der Waals surface area contributed by atoms with E-state index in [9.17, 15) is 21.6 Å². The van der Waals surface area contributed by atoms with Crippen molar-refractivity contribution in [3.05, 3.63) is 18.3 Å². The minimum absolute atomic E-state index is 0.105. The maximum Gasteiger partial charge on any atom is 0.307 e. The molecule has 2 unspecified atom stereocenters. The van der Waals surface area contributed by atoms with Crippen LogP contribution >= 0.6 is 0 Å². The molecule has 1 N–H and O–H groups in total. The number of carbonyl (C=O) groups is 1. The Hall–Kier alpha value is -1.52. The Morgan fingerprint density at radius 3 is 2.39 bits per heavy atom. The van der Waals surface area contributed by atoms with E-state index >= 15 is 0 Å². The van der Waals surface area contributed by atoms with Gasteiger partial charge < -0.3 is 5.11 Å². The minimum atomic E-state index is -3.93. The predicted molar refractivity (Wildman–Crippen MR) is 81.1 cm³/mol. The number of piperidine rings is 1. The topological polar surface area (TPSA) is 122 Å². The Balaban J connectivity index is 2.35. The van der Waals surface area contributed by atoms with Crippen LogP contribution < -0.4 is 0 Å². The number of aromatic nitrogens is 1. The van der Waals surface area contributed by atoms with Crippen molar-refractivity contribution in [1.82, 2.24) is 9.29 Å². The van der Waals surface area contributed by atoms with Gasteiger partial charge >= 0.3 is 5.97 Å². The summed E-state index contributed by atoms with van der Waals surface area (Å²) in [6, 6.07) is 1.98. The summed E-state index contributed by atoms with van der Waals surface area (Å²) in [6.07, 6.45) is 2.84. The second-order valence-electron chi connectivity index (χ2n) is 5.64. The van der Waals surface area contributed by atoms with Crippen molar-refractivity contribution in [2.45, 2.75) is 35.7 Å². The van der Waals surface area contributed by atoms with Gasteiger partial charge in [-0.05, 0) is 31.9 Å². The molecule has 0 amide bonds. The standard InChI is InChI=1S/C13H18N2O6S2/c1-9-3-4-10(13(16)17)8-15(9)23(20,21)11-5-6-12(14-7-11)22(2,18)19/h5-7,9-10H,3-4,8H2,1-2H3,(H,16,17). The van der Waals surface area contributed by atoms with E-state index in [1.54, 1.807) is 6.92 Å². The van der Waals surface area contributed by atoms with Crippen LogP contribution in [0.1, 0.15) is 19.8 Å². The Morgan fingerprint density at radius 2 is 1.91 bits per heavy atom. The lowest BCUT2D eigenvalue weighted by atomic mass is 9.96. The molecule has 10 heteroatoms. The molecule has 128 valence electrons. The summed E-state index contributed by atoms with van der Waals surface area (Å²) < 4.78 is 49.2. The number of sulfonamides is 1. The van der Waals surface area contributed by atoms with Crippen molar-refractivity contribution in [2.75, 3.05) is 12.8 Å². The number of hydrogen-bond donors (Lipinski definition) is 1. The van der Waals surface area contributed by atoms with Crippen LogP contribution in [0.25, 0.3) is 0 Å². The fourth-order valence-corrected chi connectivity index (χ4v) is 4.70. The zero-order chi connectivity index (χ0) is 17.4. The highest BCUT2D eigenvalue weighted by molar-refractivity contribution is 7.90. The molecule has 0 bridgehead atoms. The lowest BCUT2D eigenvalue weighted by molar-refractivity contribution is -0.143. The normalized spacial score (nSPS) is 23.6. The molecule has 1 aromatic heterocycles. The molecule has 0 saturated carbocycles. The molecular formula is C13H18N2O6S2. The molecular weight excluding hydrogens is 344 g/mol. The van der Waals surface area contributed by atoms with Gasteiger partial charge in [0.15, 0.2) is 14.9 Å². The molecule has 1 aliphatic heterocycles. The van der Waals surface area contributed by atoms with Crippen molar-refractivity contribution < 1.29 is 26.7 Å². The summed E-state index contributed by atoms with van der Waals surface area (Å²) in [5, 5.41) is 8.89. The molecule has 1 aromatic rings. The van der Waals surface area contributed by atoms with E-state index in [2.05, 4.69) is 4.98 Å². The Morgan fingerprint density at radius 1 is 1.26 bits per heavy atom. The zero-order valence-electron chi connectivity index (χ0n) is 12.7. The summed E-state index contributed by atoms with van der Waals surface area (Å²) in [6.45, 7) is 1.61. The smallest absolute Gasteiger partial charge is 0.307 e. The van der Waals surface area contributed by atoms with Gasteiger partial charge in [-0.15, -0.1) is 0 Å². The molecule has 0 aliphatic carbocycles. The van der Waals surface area contributed by atoms with Gasteiger partial charge in [0.2, 0.25) is 10.0 Å². The minimum Gasteiger partial charge on any atom is -0.481 e. The van der Waals surface area contributed by atoms with Crippen molar-refractivity contribution >= 4 is 25.8 Å². The number of nitrogens with zero attached hydrogens (tertiary/aromatic N) is 2. The number of carboxylic acids is 1. The van der Waals surface area contributed by atoms with Crippen molar-refractivity contribution in [1.29, 1.82) is 0 Å². The van der Waals surface area contributed by atoms with Crippen LogP contribution in [-0.2, 0) is 24.7 Å². The summed E-state index contributed by atoms with van der Waals surface area (Å²) in [7, 11) is -7.45. The quantitative estimate of drug-likeness (QED) is 0.820. The number of hydrogen-bond acceptors (Lipinski definition) is 6. The predicted octanol–water partition coefficient (Wildman–Crippen LogP) is 0.359. The monoisotopic (exact) mass is 362 g/mol. The molecule has 23 heavy (non-hydrogen) atoms. The largest absolute Gasteiger partial charge is 0.481 e. The highest BCUT2D eigenvalue weighted by Crippen LogP contribution is 2.28. The second kappa shape index (κ2) is 6.17. The van der Waals surface area contributed by atoms with E-state index in [4.69, 9.17) is 5.11 Å². The number of pyridine rings is 1. The third-order valence-corrected chi connectivity index (χ3v) is 6.83. The van der Waals surface area contributed by atoms with Gasteiger partial charge in [-0.25, -0.2) is 21.8 Å². The molecule has 1 aliphatic rings. The van der Waals surface area contributed by atoms with Crippen molar-refractivity contribution in [3.63, 3.8) is 0 Å². The molecule has 2 atom stereocenters. The van der Waals surface area contributed by atoms with Crippen LogP contribution in [0.3, 0.4) is 0 Å². The molecule has 0 aromatic carbocycles. The van der Waals surface area contributed by atoms with Crippen molar-refractivity contribution in [2.24, 2.45) is 5.92 Å². The first-order chi connectivity index (χ1) is 10.5. The summed E-state index contributed by atoms with van der Waals surface area (Å²) in [4.78, 5) is 14.7. The van der Waals surface area contributed by atoms with Crippen LogP contribution in [0.15, 0.2) is 28.3 Å². The van der Waals surface area contributed by atoms with Crippen LogP contribution in [0.5, 0.6) is 0 Å². The fraction of sp³-hybridized carbons (Fsp3) is 0.538. The zero-order valence-corrected chi connectivity index (χ0v) is 14.3. The number of sulfone groups is 1. The molecule has 1 saturated heterocycles. The highest BCUT2D eigenvalue weighted by atomic mass is 32.2. The summed E-state index contributed by atoms with van der Waals surface area (Å²) >= 11 is 0. The third-order valence-electron chi connectivity index (χ3n) is 3.87. The first-order valence-corrected chi connectivity index (χ1v) is 10.3. The van der Waals surface area contributed by atoms with Gasteiger partial charge in [0, 0.05) is 25.0 Å². The van der Waals surface area contributed by atoms with Crippen LogP contribution in [0.4, 0.5) is 0 Å². The maximum absolute atomic E-state index is 12.7. The maximum atomic E-state index is 12.7. The van der Waals surface area contributed by atoms with E-state index in [0.717, 1.165) is 22.8 Å². The van der Waals surface area contributed by atoms with Crippen LogP contribution in [-0.4, -0.2) is 56.0 Å². The number of rotatable bonds is 4. The third kappa shape index (κ3) is 3.70. The first-order valence-electron chi connectivity index (χ1n) is 6.94. The van der Waals surface area contributed by atoms with Gasteiger partial charge in [0.25, 0.3) is 0 Å². The van der Waals surface area contributed by atoms with Crippen LogP contribution in [0, 0.1) is 5.92 Å². The fourth-order valence-electron chi connectivity index (χ4n) is 2.49. The molecule has 0 spiro atoms. The Bertz CT molecular complexity index is 801. The van der Waals surface area contributed by atoms with Gasteiger partial charge in [-0.3, -0.25) is 4.79 Å². The average molecular weight is 362 g/mol. The number of aliphatic carboxylic acids is 1. The Kier molecular flexibility index (Phi) is 4.79. The van der Waals surface area contributed by atoms with Gasteiger partial charge in [-0.1, -0.05) is 0 Å². The number of carboxylic acid groups (broad SMARTS) is 1.